The van der Waals surface area contributed by atoms with E-state index in [1.165, 1.54) is 5.57 Å². The van der Waals surface area contributed by atoms with Gasteiger partial charge in [-0.3, -0.25) is 9.59 Å². The molecule has 3 unspecified atom stereocenters. The summed E-state index contributed by atoms with van der Waals surface area (Å²) in [5.41, 5.74) is 0.852. The smallest absolute Gasteiger partial charge is 0.162 e. The summed E-state index contributed by atoms with van der Waals surface area (Å²) in [6.07, 6.45) is 12.6. The number of aliphatic hydroxyl groups is 1. The molecule has 0 aromatic rings. The maximum atomic E-state index is 13.0. The van der Waals surface area contributed by atoms with Gasteiger partial charge in [0.05, 0.1) is 0 Å². The SMILES string of the molecule is CC(=O)[C@@]1(OCCCCCO)CCC2C3CCC4=CC(=O)CC[C@]4(C)C3CC[C@@]21C. The standard InChI is InChI=1S/C26H40O4/c1-18(28)26(30-16-6-4-5-15-27)14-11-23-21-8-7-19-17-20(29)9-12-24(19,2)22(21)10-13-25(23,26)3/h17,21-23,27H,4-16H2,1-3H3/t21?,22?,23?,24-,25-,26-/m0/s1. The van der Waals surface area contributed by atoms with Gasteiger partial charge in [0.2, 0.25) is 0 Å². The second-order valence-electron chi connectivity index (χ2n) is 11.0. The number of aliphatic hydroxyl groups excluding tert-OH is 1. The third-order valence-electron chi connectivity index (χ3n) is 9.80. The van der Waals surface area contributed by atoms with Gasteiger partial charge < -0.3 is 9.84 Å². The Labute approximate surface area is 181 Å². The van der Waals surface area contributed by atoms with Crippen LogP contribution < -0.4 is 0 Å². The summed E-state index contributed by atoms with van der Waals surface area (Å²) in [7, 11) is 0. The van der Waals surface area contributed by atoms with Crippen molar-refractivity contribution in [2.24, 2.45) is 28.6 Å². The number of unbranched alkanes of at least 4 members (excludes halogenated alkanes) is 2. The molecule has 1 N–H and O–H groups in total. The molecule has 4 nitrogen and oxygen atoms in total. The molecule has 0 aromatic carbocycles. The normalized spacial score (nSPS) is 42.9. The van der Waals surface area contributed by atoms with Crippen LogP contribution >= 0.6 is 0 Å². The lowest BCUT2D eigenvalue weighted by Gasteiger charge is -2.59. The number of Topliss-reactive ketones (excluding diaryl/α,β-unsaturated/α-hetero) is 1. The van der Waals surface area contributed by atoms with E-state index in [1.54, 1.807) is 6.92 Å². The largest absolute Gasteiger partial charge is 0.396 e. The van der Waals surface area contributed by atoms with Gasteiger partial charge in [0, 0.05) is 25.0 Å². The lowest BCUT2D eigenvalue weighted by molar-refractivity contribution is -0.176. The second-order valence-corrected chi connectivity index (χ2v) is 11.0. The third-order valence-corrected chi connectivity index (χ3v) is 9.80. The van der Waals surface area contributed by atoms with Crippen LogP contribution in [0, 0.1) is 28.6 Å². The second kappa shape index (κ2) is 8.16. The molecule has 30 heavy (non-hydrogen) atoms. The summed E-state index contributed by atoms with van der Waals surface area (Å²) in [6, 6.07) is 0. The molecule has 0 aromatic heterocycles. The third kappa shape index (κ3) is 3.24. The van der Waals surface area contributed by atoms with Gasteiger partial charge in [-0.1, -0.05) is 19.4 Å². The predicted octanol–water partition coefficient (Wildman–Crippen LogP) is 5.03. The molecule has 4 aliphatic carbocycles. The summed E-state index contributed by atoms with van der Waals surface area (Å²) in [5, 5.41) is 9.02. The minimum atomic E-state index is -0.637. The summed E-state index contributed by atoms with van der Waals surface area (Å²) in [4.78, 5) is 25.1. The quantitative estimate of drug-likeness (QED) is 0.592. The maximum absolute atomic E-state index is 13.0. The average Bonchev–Trinajstić information content (AvgIpc) is 3.02. The highest BCUT2D eigenvalue weighted by Gasteiger charge is 2.66. The molecule has 0 radical (unpaired) electrons. The Bertz CT molecular complexity index is 727. The van der Waals surface area contributed by atoms with E-state index in [0.717, 1.165) is 64.2 Å². The van der Waals surface area contributed by atoms with Gasteiger partial charge in [-0.15, -0.1) is 0 Å². The molecule has 4 rings (SSSR count). The van der Waals surface area contributed by atoms with E-state index < -0.39 is 5.60 Å². The van der Waals surface area contributed by atoms with Gasteiger partial charge in [-0.05, 0) is 100 Å². The van der Waals surface area contributed by atoms with Crippen LogP contribution in [-0.4, -0.2) is 35.5 Å². The number of ketones is 2. The van der Waals surface area contributed by atoms with Crippen LogP contribution in [0.1, 0.15) is 91.4 Å². The van der Waals surface area contributed by atoms with Gasteiger partial charge >= 0.3 is 0 Å². The minimum Gasteiger partial charge on any atom is -0.396 e. The summed E-state index contributed by atoms with van der Waals surface area (Å²) < 4.78 is 6.51. The Morgan fingerprint density at radius 3 is 2.57 bits per heavy atom. The zero-order chi connectivity index (χ0) is 21.6. The van der Waals surface area contributed by atoms with Crippen LogP contribution in [0.15, 0.2) is 11.6 Å². The first-order valence-electron chi connectivity index (χ1n) is 12.3. The van der Waals surface area contributed by atoms with E-state index in [2.05, 4.69) is 13.8 Å². The van der Waals surface area contributed by atoms with Crippen molar-refractivity contribution in [2.75, 3.05) is 13.2 Å². The van der Waals surface area contributed by atoms with E-state index >= 15 is 0 Å². The highest BCUT2D eigenvalue weighted by molar-refractivity contribution is 5.91. The van der Waals surface area contributed by atoms with E-state index in [-0.39, 0.29) is 23.2 Å². The molecule has 6 atom stereocenters. The lowest BCUT2D eigenvalue weighted by atomic mass is 9.46. The monoisotopic (exact) mass is 416 g/mol. The van der Waals surface area contributed by atoms with Crippen LogP contribution in [0.25, 0.3) is 0 Å². The van der Waals surface area contributed by atoms with E-state index in [4.69, 9.17) is 9.84 Å². The zero-order valence-corrected chi connectivity index (χ0v) is 19.2. The fourth-order valence-corrected chi connectivity index (χ4v) is 8.11. The summed E-state index contributed by atoms with van der Waals surface area (Å²) in [5.74, 6) is 2.33. The first kappa shape index (κ1) is 22.2. The number of carbonyl (C=O) groups is 2. The Morgan fingerprint density at radius 1 is 1.07 bits per heavy atom. The zero-order valence-electron chi connectivity index (χ0n) is 19.2. The topological polar surface area (TPSA) is 63.6 Å². The van der Waals surface area contributed by atoms with E-state index in [0.29, 0.717) is 36.6 Å². The van der Waals surface area contributed by atoms with Crippen LogP contribution in [0.3, 0.4) is 0 Å². The highest BCUT2D eigenvalue weighted by atomic mass is 16.5. The first-order valence-corrected chi connectivity index (χ1v) is 12.3. The van der Waals surface area contributed by atoms with Crippen molar-refractivity contribution in [3.8, 4) is 0 Å². The van der Waals surface area contributed by atoms with E-state index in [9.17, 15) is 9.59 Å². The molecule has 3 saturated carbocycles. The summed E-state index contributed by atoms with van der Waals surface area (Å²) >= 11 is 0. The molecule has 0 amide bonds. The fourth-order valence-electron chi connectivity index (χ4n) is 8.11. The van der Waals surface area contributed by atoms with Crippen molar-refractivity contribution in [2.45, 2.75) is 97.0 Å². The maximum Gasteiger partial charge on any atom is 0.162 e. The van der Waals surface area contributed by atoms with Gasteiger partial charge in [0.1, 0.15) is 5.60 Å². The molecule has 4 aliphatic rings. The number of rotatable bonds is 7. The van der Waals surface area contributed by atoms with E-state index in [1.807, 2.05) is 6.08 Å². The molecular formula is C26H40O4. The Hall–Kier alpha value is -1.00. The Kier molecular flexibility index (Phi) is 6.04. The van der Waals surface area contributed by atoms with Crippen LogP contribution in [0.2, 0.25) is 0 Å². The molecule has 0 aliphatic heterocycles. The number of carbonyl (C=O) groups excluding carboxylic acids is 2. The van der Waals surface area contributed by atoms with Gasteiger partial charge in [-0.25, -0.2) is 0 Å². The summed E-state index contributed by atoms with van der Waals surface area (Å²) in [6.45, 7) is 7.33. The first-order chi connectivity index (χ1) is 14.3. The highest BCUT2D eigenvalue weighted by Crippen LogP contribution is 2.68. The number of allylic oxidation sites excluding steroid dienone is 1. The molecule has 168 valence electrons. The minimum absolute atomic E-state index is 0.0843. The van der Waals surface area contributed by atoms with Crippen molar-refractivity contribution >= 4 is 11.6 Å². The molecule has 4 heteroatoms. The molecule has 0 heterocycles. The van der Waals surface area contributed by atoms with Crippen LogP contribution in [0.5, 0.6) is 0 Å². The Balaban J connectivity index is 1.56. The predicted molar refractivity (Wildman–Crippen MR) is 117 cm³/mol. The number of hydrogen-bond donors (Lipinski definition) is 1. The Morgan fingerprint density at radius 2 is 1.83 bits per heavy atom. The fraction of sp³-hybridized carbons (Fsp3) is 0.846. The molecule has 0 saturated heterocycles. The van der Waals surface area contributed by atoms with Gasteiger partial charge in [0.25, 0.3) is 0 Å². The number of hydrogen-bond acceptors (Lipinski definition) is 4. The van der Waals surface area contributed by atoms with Crippen LogP contribution in [0.4, 0.5) is 0 Å². The van der Waals surface area contributed by atoms with Crippen molar-refractivity contribution < 1.29 is 19.4 Å². The van der Waals surface area contributed by atoms with Gasteiger partial charge in [0.15, 0.2) is 11.6 Å². The molecular weight excluding hydrogens is 376 g/mol. The number of fused-ring (bicyclic) bond motifs is 5. The van der Waals surface area contributed by atoms with Crippen LogP contribution in [-0.2, 0) is 14.3 Å². The van der Waals surface area contributed by atoms with Crippen molar-refractivity contribution in [3.63, 3.8) is 0 Å². The lowest BCUT2D eigenvalue weighted by Crippen LogP contribution is -2.58. The van der Waals surface area contributed by atoms with Crippen molar-refractivity contribution in [1.82, 2.24) is 0 Å². The van der Waals surface area contributed by atoms with Gasteiger partial charge in [-0.2, -0.15) is 0 Å². The molecule has 0 bridgehead atoms. The molecule has 0 spiro atoms. The average molecular weight is 417 g/mol. The number of ether oxygens (including phenoxy) is 1. The van der Waals surface area contributed by atoms with Crippen molar-refractivity contribution in [1.29, 1.82) is 0 Å². The van der Waals surface area contributed by atoms with Crippen molar-refractivity contribution in [3.05, 3.63) is 11.6 Å². The molecule has 3 fully saturated rings.